The van der Waals surface area contributed by atoms with Gasteiger partial charge in [-0.05, 0) is 35.4 Å². The lowest BCUT2D eigenvalue weighted by atomic mass is 10.0. The molecule has 0 unspecified atom stereocenters. The maximum atomic E-state index is 13.8. The number of anilines is 2. The highest BCUT2D eigenvalue weighted by Gasteiger charge is 2.13. The molecule has 0 spiro atoms. The molecule has 3 aromatic carbocycles. The van der Waals surface area contributed by atoms with Crippen LogP contribution in [0.2, 0.25) is 0 Å². The second-order valence-corrected chi connectivity index (χ2v) is 5.04. The number of benzene rings is 3. The number of halogens is 1. The van der Waals surface area contributed by atoms with Crippen molar-refractivity contribution in [1.82, 2.24) is 0 Å². The lowest BCUT2D eigenvalue weighted by Gasteiger charge is -2.12. The number of carboxylic acids is 1. The van der Waals surface area contributed by atoms with Crippen molar-refractivity contribution in [2.75, 3.05) is 5.32 Å². The van der Waals surface area contributed by atoms with Crippen molar-refractivity contribution < 1.29 is 14.3 Å². The van der Waals surface area contributed by atoms with Crippen LogP contribution in [0.4, 0.5) is 15.8 Å². The molecule has 23 heavy (non-hydrogen) atoms. The Morgan fingerprint density at radius 3 is 2.22 bits per heavy atom. The van der Waals surface area contributed by atoms with Crippen molar-refractivity contribution in [3.8, 4) is 11.1 Å². The molecule has 4 heteroatoms. The Morgan fingerprint density at radius 2 is 1.52 bits per heavy atom. The number of rotatable bonds is 4. The van der Waals surface area contributed by atoms with Crippen LogP contribution in [-0.4, -0.2) is 11.1 Å². The van der Waals surface area contributed by atoms with E-state index in [-0.39, 0.29) is 11.3 Å². The molecule has 0 radical (unpaired) electrons. The van der Waals surface area contributed by atoms with Crippen LogP contribution >= 0.6 is 0 Å². The van der Waals surface area contributed by atoms with E-state index in [4.69, 9.17) is 0 Å². The summed E-state index contributed by atoms with van der Waals surface area (Å²) in [5.41, 5.74) is 2.49. The van der Waals surface area contributed by atoms with E-state index in [0.717, 1.165) is 11.1 Å². The second-order valence-electron chi connectivity index (χ2n) is 5.04. The van der Waals surface area contributed by atoms with Gasteiger partial charge in [0.2, 0.25) is 0 Å². The van der Waals surface area contributed by atoms with Gasteiger partial charge in [0, 0.05) is 0 Å². The van der Waals surface area contributed by atoms with Crippen molar-refractivity contribution in [2.24, 2.45) is 0 Å². The summed E-state index contributed by atoms with van der Waals surface area (Å²) in [5, 5.41) is 12.2. The van der Waals surface area contributed by atoms with Gasteiger partial charge in [0.15, 0.2) is 0 Å². The fourth-order valence-corrected chi connectivity index (χ4v) is 2.35. The van der Waals surface area contributed by atoms with Gasteiger partial charge in [0.05, 0.1) is 16.9 Å². The summed E-state index contributed by atoms with van der Waals surface area (Å²) in [6.07, 6.45) is 0. The van der Waals surface area contributed by atoms with Gasteiger partial charge < -0.3 is 10.4 Å². The van der Waals surface area contributed by atoms with Crippen LogP contribution in [0, 0.1) is 5.82 Å². The zero-order valence-corrected chi connectivity index (χ0v) is 12.2. The van der Waals surface area contributed by atoms with Crippen LogP contribution in [0.5, 0.6) is 0 Å². The molecule has 0 amide bonds. The molecule has 0 atom stereocenters. The number of nitrogens with one attached hydrogen (secondary N) is 1. The molecule has 0 saturated carbocycles. The Labute approximate surface area is 133 Å². The SMILES string of the molecule is O=C(O)c1ccc(-c2ccccc2)cc1Nc1ccccc1F. The van der Waals surface area contributed by atoms with E-state index in [9.17, 15) is 14.3 Å². The first kappa shape index (κ1) is 14.8. The Bertz CT molecular complexity index is 847. The third kappa shape index (κ3) is 3.21. The lowest BCUT2D eigenvalue weighted by molar-refractivity contribution is 0.0698. The van der Waals surface area contributed by atoms with Gasteiger partial charge in [-0.2, -0.15) is 0 Å². The topological polar surface area (TPSA) is 49.3 Å². The summed E-state index contributed by atoms with van der Waals surface area (Å²) < 4.78 is 13.8. The summed E-state index contributed by atoms with van der Waals surface area (Å²) in [7, 11) is 0. The molecule has 2 N–H and O–H groups in total. The zero-order chi connectivity index (χ0) is 16.2. The van der Waals surface area contributed by atoms with E-state index >= 15 is 0 Å². The van der Waals surface area contributed by atoms with E-state index < -0.39 is 11.8 Å². The number of carboxylic acid groups (broad SMARTS) is 1. The van der Waals surface area contributed by atoms with Gasteiger partial charge in [-0.3, -0.25) is 0 Å². The van der Waals surface area contributed by atoms with Crippen molar-refractivity contribution >= 4 is 17.3 Å². The molecule has 3 nitrogen and oxygen atoms in total. The first-order valence-electron chi connectivity index (χ1n) is 7.09. The van der Waals surface area contributed by atoms with Gasteiger partial charge >= 0.3 is 5.97 Å². The third-order valence-electron chi connectivity index (χ3n) is 3.50. The van der Waals surface area contributed by atoms with Crippen LogP contribution in [0.15, 0.2) is 72.8 Å². The maximum Gasteiger partial charge on any atom is 0.337 e. The molecule has 0 aliphatic rings. The van der Waals surface area contributed by atoms with E-state index in [1.807, 2.05) is 30.3 Å². The van der Waals surface area contributed by atoms with E-state index in [1.54, 1.807) is 30.3 Å². The normalized spacial score (nSPS) is 10.3. The number of hydrogen-bond donors (Lipinski definition) is 2. The number of carbonyl (C=O) groups is 1. The third-order valence-corrected chi connectivity index (χ3v) is 3.50. The summed E-state index contributed by atoms with van der Waals surface area (Å²) in [6, 6.07) is 20.7. The molecule has 0 heterocycles. The summed E-state index contributed by atoms with van der Waals surface area (Å²) >= 11 is 0. The lowest BCUT2D eigenvalue weighted by Crippen LogP contribution is -2.04. The Morgan fingerprint density at radius 1 is 0.826 bits per heavy atom. The van der Waals surface area contributed by atoms with Gasteiger partial charge in [-0.15, -0.1) is 0 Å². The van der Waals surface area contributed by atoms with Gasteiger partial charge in [0.1, 0.15) is 5.82 Å². The highest BCUT2D eigenvalue weighted by Crippen LogP contribution is 2.29. The average Bonchev–Trinajstić information content (AvgIpc) is 2.57. The monoisotopic (exact) mass is 307 g/mol. The van der Waals surface area contributed by atoms with Crippen molar-refractivity contribution in [2.45, 2.75) is 0 Å². The largest absolute Gasteiger partial charge is 0.478 e. The first-order chi connectivity index (χ1) is 11.1. The molecule has 0 aliphatic heterocycles. The van der Waals surface area contributed by atoms with Crippen molar-refractivity contribution in [1.29, 1.82) is 0 Å². The highest BCUT2D eigenvalue weighted by molar-refractivity contribution is 5.96. The molecule has 0 aromatic heterocycles. The molecule has 3 aromatic rings. The fourth-order valence-electron chi connectivity index (χ4n) is 2.35. The minimum atomic E-state index is -1.07. The number of hydrogen-bond acceptors (Lipinski definition) is 2. The highest BCUT2D eigenvalue weighted by atomic mass is 19.1. The van der Waals surface area contributed by atoms with Gasteiger partial charge in [0.25, 0.3) is 0 Å². The molecule has 0 saturated heterocycles. The maximum absolute atomic E-state index is 13.8. The molecule has 0 fully saturated rings. The molecule has 114 valence electrons. The van der Waals surface area contributed by atoms with Crippen LogP contribution in [0.25, 0.3) is 11.1 Å². The van der Waals surface area contributed by atoms with Crippen LogP contribution in [-0.2, 0) is 0 Å². The summed E-state index contributed by atoms with van der Waals surface area (Å²) in [4.78, 5) is 11.4. The molecular formula is C19H14FNO2. The molecular weight excluding hydrogens is 293 g/mol. The standard InChI is InChI=1S/C19H14FNO2/c20-16-8-4-5-9-17(16)21-18-12-14(10-11-15(18)19(22)23)13-6-2-1-3-7-13/h1-12,21H,(H,22,23). The predicted octanol–water partition coefficient (Wildman–Crippen LogP) is 4.93. The van der Waals surface area contributed by atoms with Crippen molar-refractivity contribution in [3.05, 3.63) is 84.2 Å². The smallest absolute Gasteiger partial charge is 0.337 e. The molecule has 3 rings (SSSR count). The summed E-state index contributed by atoms with van der Waals surface area (Å²) in [6.45, 7) is 0. The van der Waals surface area contributed by atoms with E-state index in [2.05, 4.69) is 5.32 Å². The predicted molar refractivity (Wildman–Crippen MR) is 88.5 cm³/mol. The van der Waals surface area contributed by atoms with Crippen molar-refractivity contribution in [3.63, 3.8) is 0 Å². The minimum absolute atomic E-state index is 0.0907. The Kier molecular flexibility index (Phi) is 4.06. The zero-order valence-electron chi connectivity index (χ0n) is 12.2. The van der Waals surface area contributed by atoms with Gasteiger partial charge in [-0.1, -0.05) is 48.5 Å². The second kappa shape index (κ2) is 6.32. The molecule has 0 bridgehead atoms. The first-order valence-corrected chi connectivity index (χ1v) is 7.09. The number of aromatic carboxylic acids is 1. The average molecular weight is 307 g/mol. The van der Waals surface area contributed by atoms with E-state index in [1.165, 1.54) is 12.1 Å². The molecule has 0 aliphatic carbocycles. The van der Waals surface area contributed by atoms with Gasteiger partial charge in [-0.25, -0.2) is 9.18 Å². The van der Waals surface area contributed by atoms with Crippen LogP contribution in [0.3, 0.4) is 0 Å². The Hall–Kier alpha value is -3.14. The summed E-state index contributed by atoms with van der Waals surface area (Å²) in [5.74, 6) is -1.50. The Balaban J connectivity index is 2.06. The quantitative estimate of drug-likeness (QED) is 0.718. The van der Waals surface area contributed by atoms with E-state index in [0.29, 0.717) is 5.69 Å². The van der Waals surface area contributed by atoms with Crippen LogP contribution in [0.1, 0.15) is 10.4 Å². The fraction of sp³-hybridized carbons (Fsp3) is 0. The van der Waals surface area contributed by atoms with Crippen LogP contribution < -0.4 is 5.32 Å². The number of para-hydroxylation sites is 1. The minimum Gasteiger partial charge on any atom is -0.478 e.